The molecular weight excluding hydrogens is 494 g/mol. The van der Waals surface area contributed by atoms with Crippen LogP contribution in [0, 0.1) is 0 Å². The van der Waals surface area contributed by atoms with Crippen molar-refractivity contribution in [3.05, 3.63) is 105 Å². The number of rotatable bonds is 7. The van der Waals surface area contributed by atoms with Crippen LogP contribution in [0.1, 0.15) is 36.6 Å². The van der Waals surface area contributed by atoms with Gasteiger partial charge in [0.25, 0.3) is 5.56 Å². The Kier molecular flexibility index (Phi) is 7.04. The third-order valence-electron chi connectivity index (χ3n) is 6.05. The second-order valence-corrected chi connectivity index (χ2v) is 10.9. The molecule has 0 aliphatic heterocycles. The van der Waals surface area contributed by atoms with E-state index in [1.54, 1.807) is 34.1 Å². The highest BCUT2D eigenvalue weighted by Crippen LogP contribution is 2.31. The fourth-order valence-electron chi connectivity index (χ4n) is 3.87. The molecule has 4 nitrogen and oxygen atoms in total. The topological polar surface area (TPSA) is 47.8 Å². The van der Waals surface area contributed by atoms with Crippen LogP contribution in [0.3, 0.4) is 0 Å². The maximum Gasteiger partial charge on any atom is 0.266 e. The van der Waals surface area contributed by atoms with Crippen LogP contribution in [-0.4, -0.2) is 14.5 Å². The summed E-state index contributed by atoms with van der Waals surface area (Å²) in [5, 5.41) is 2.73. The van der Waals surface area contributed by atoms with E-state index in [0.717, 1.165) is 27.6 Å². The minimum atomic E-state index is -0.0975. The fraction of sp³-hybridized carbons (Fsp3) is 0.179. The van der Waals surface area contributed by atoms with Crippen molar-refractivity contribution in [3.8, 4) is 16.3 Å². The van der Waals surface area contributed by atoms with Gasteiger partial charge in [0.2, 0.25) is 0 Å². The van der Waals surface area contributed by atoms with Crippen LogP contribution in [-0.2, 0) is 5.75 Å². The molecule has 5 aromatic rings. The predicted molar refractivity (Wildman–Crippen MR) is 148 cm³/mol. The van der Waals surface area contributed by atoms with Crippen molar-refractivity contribution in [2.24, 2.45) is 0 Å². The van der Waals surface area contributed by atoms with E-state index in [9.17, 15) is 4.79 Å². The zero-order valence-electron chi connectivity index (χ0n) is 19.4. The zero-order valence-corrected chi connectivity index (χ0v) is 21.8. The number of benzene rings is 3. The van der Waals surface area contributed by atoms with Gasteiger partial charge in [-0.05, 0) is 48.2 Å². The van der Waals surface area contributed by atoms with E-state index in [-0.39, 0.29) is 5.56 Å². The van der Waals surface area contributed by atoms with Gasteiger partial charge >= 0.3 is 0 Å². The highest BCUT2D eigenvalue weighted by atomic mass is 35.5. The molecule has 5 rings (SSSR count). The molecular formula is C28H24ClN3OS2. The number of thiazole rings is 1. The lowest BCUT2D eigenvalue weighted by molar-refractivity contribution is 0.732. The summed E-state index contributed by atoms with van der Waals surface area (Å²) >= 11 is 9.40. The van der Waals surface area contributed by atoms with Crippen LogP contribution < -0.4 is 5.56 Å². The van der Waals surface area contributed by atoms with Gasteiger partial charge in [-0.1, -0.05) is 79.7 Å². The van der Waals surface area contributed by atoms with E-state index in [0.29, 0.717) is 32.8 Å². The molecule has 0 aliphatic carbocycles. The van der Waals surface area contributed by atoms with Crippen LogP contribution in [0.5, 0.6) is 0 Å². The number of thioether (sulfide) groups is 1. The molecule has 2 heterocycles. The summed E-state index contributed by atoms with van der Waals surface area (Å²) in [6.45, 7) is 4.39. The molecule has 3 aromatic carbocycles. The molecule has 0 unspecified atom stereocenters. The van der Waals surface area contributed by atoms with Gasteiger partial charge in [0.05, 0.1) is 16.6 Å². The molecule has 176 valence electrons. The van der Waals surface area contributed by atoms with Gasteiger partial charge in [-0.15, -0.1) is 11.3 Å². The van der Waals surface area contributed by atoms with Crippen molar-refractivity contribution in [1.29, 1.82) is 0 Å². The Hall–Kier alpha value is -2.93. The van der Waals surface area contributed by atoms with Crippen LogP contribution in [0.4, 0.5) is 0 Å². The number of hydrogen-bond donors (Lipinski definition) is 0. The number of nitrogens with zero attached hydrogens (tertiary/aromatic N) is 3. The first-order valence-corrected chi connectivity index (χ1v) is 13.7. The van der Waals surface area contributed by atoms with E-state index in [4.69, 9.17) is 16.6 Å². The second kappa shape index (κ2) is 10.4. The van der Waals surface area contributed by atoms with E-state index in [1.807, 2.05) is 36.5 Å². The molecule has 0 fully saturated rings. The highest BCUT2D eigenvalue weighted by molar-refractivity contribution is 7.98. The van der Waals surface area contributed by atoms with Crippen LogP contribution >= 0.6 is 34.7 Å². The molecule has 0 bridgehead atoms. The third kappa shape index (κ3) is 5.06. The first-order valence-electron chi connectivity index (χ1n) is 11.5. The van der Waals surface area contributed by atoms with E-state index < -0.39 is 0 Å². The molecule has 35 heavy (non-hydrogen) atoms. The Morgan fingerprint density at radius 2 is 1.83 bits per heavy atom. The van der Waals surface area contributed by atoms with E-state index in [1.165, 1.54) is 17.3 Å². The summed E-state index contributed by atoms with van der Waals surface area (Å²) in [5.41, 5.74) is 3.68. The normalized spacial score (nSPS) is 12.2. The largest absolute Gasteiger partial charge is 0.268 e. The first kappa shape index (κ1) is 23.8. The lowest BCUT2D eigenvalue weighted by Gasteiger charge is -2.15. The molecule has 0 amide bonds. The molecule has 0 radical (unpaired) electrons. The van der Waals surface area contributed by atoms with Crippen molar-refractivity contribution in [2.45, 2.75) is 37.1 Å². The second-order valence-electron chi connectivity index (χ2n) is 8.38. The van der Waals surface area contributed by atoms with Gasteiger partial charge in [-0.25, -0.2) is 9.97 Å². The Labute approximate surface area is 217 Å². The average molecular weight is 518 g/mol. The quantitative estimate of drug-likeness (QED) is 0.162. The molecule has 2 aromatic heterocycles. The lowest BCUT2D eigenvalue weighted by atomic mass is 9.98. The van der Waals surface area contributed by atoms with Crippen molar-refractivity contribution in [3.63, 3.8) is 0 Å². The summed E-state index contributed by atoms with van der Waals surface area (Å²) in [6.07, 6.45) is 2.97. The maximum absolute atomic E-state index is 13.6. The molecule has 0 spiro atoms. The van der Waals surface area contributed by atoms with Gasteiger partial charge in [0, 0.05) is 27.4 Å². The Balaban J connectivity index is 1.52. The Morgan fingerprint density at radius 1 is 1.06 bits per heavy atom. The molecule has 7 heteroatoms. The number of halogens is 1. The molecule has 0 N–H and O–H groups in total. The van der Waals surface area contributed by atoms with Crippen molar-refractivity contribution in [1.82, 2.24) is 14.5 Å². The summed E-state index contributed by atoms with van der Waals surface area (Å²) < 4.78 is 1.71. The highest BCUT2D eigenvalue weighted by Gasteiger charge is 2.15. The number of hydrogen-bond acceptors (Lipinski definition) is 5. The Morgan fingerprint density at radius 3 is 2.57 bits per heavy atom. The molecule has 1 atom stereocenters. The van der Waals surface area contributed by atoms with Gasteiger partial charge in [0.1, 0.15) is 5.01 Å². The lowest BCUT2D eigenvalue weighted by Crippen LogP contribution is -2.21. The van der Waals surface area contributed by atoms with Crippen molar-refractivity contribution in [2.75, 3.05) is 0 Å². The van der Waals surface area contributed by atoms with Crippen molar-refractivity contribution >= 4 is 45.6 Å². The third-order valence-corrected chi connectivity index (χ3v) is 8.50. The van der Waals surface area contributed by atoms with E-state index >= 15 is 0 Å². The van der Waals surface area contributed by atoms with E-state index in [2.05, 4.69) is 43.1 Å². The number of fused-ring (bicyclic) bond motifs is 1. The van der Waals surface area contributed by atoms with Gasteiger partial charge < -0.3 is 0 Å². The van der Waals surface area contributed by atoms with Gasteiger partial charge in [-0.3, -0.25) is 9.36 Å². The summed E-state index contributed by atoms with van der Waals surface area (Å²) in [6, 6.07) is 23.6. The van der Waals surface area contributed by atoms with Crippen LogP contribution in [0.2, 0.25) is 5.02 Å². The smallest absolute Gasteiger partial charge is 0.266 e. The predicted octanol–water partition coefficient (Wildman–Crippen LogP) is 7.97. The molecule has 0 aliphatic rings. The van der Waals surface area contributed by atoms with Gasteiger partial charge in [-0.2, -0.15) is 0 Å². The van der Waals surface area contributed by atoms with Crippen LogP contribution in [0.15, 0.2) is 88.9 Å². The monoisotopic (exact) mass is 517 g/mol. The summed E-state index contributed by atoms with van der Waals surface area (Å²) in [7, 11) is 0. The minimum Gasteiger partial charge on any atom is -0.268 e. The van der Waals surface area contributed by atoms with Crippen molar-refractivity contribution < 1.29 is 0 Å². The maximum atomic E-state index is 13.6. The molecule has 0 saturated carbocycles. The zero-order chi connectivity index (χ0) is 24.4. The average Bonchev–Trinajstić information content (AvgIpc) is 3.37. The summed E-state index contributed by atoms with van der Waals surface area (Å²) in [4.78, 5) is 24.2. The first-order chi connectivity index (χ1) is 17.0. The Bertz CT molecular complexity index is 1530. The minimum absolute atomic E-state index is 0.0975. The van der Waals surface area contributed by atoms with Gasteiger partial charge in [0.15, 0.2) is 5.16 Å². The SMILES string of the molecule is CC[C@H](C)c1ccc(-n2c(SCc3cnc(-c4ccccc4)s3)nc3cc(Cl)ccc3c2=O)cc1. The molecule has 0 saturated heterocycles. The number of aromatic nitrogens is 3. The fourth-order valence-corrected chi connectivity index (χ4v) is 5.99. The van der Waals surface area contributed by atoms with Crippen LogP contribution in [0.25, 0.3) is 27.2 Å². The summed E-state index contributed by atoms with van der Waals surface area (Å²) in [5.74, 6) is 1.13. The standard InChI is InChI=1S/C28H24ClN3OS2/c1-3-18(2)19-9-12-22(13-10-19)32-27(33)24-14-11-21(29)15-25(24)31-28(32)34-17-23-16-30-26(35-23)20-7-5-4-6-8-20/h4-16,18H,3,17H2,1-2H3/t18-/m0/s1.